The van der Waals surface area contributed by atoms with E-state index in [0.29, 0.717) is 28.7 Å². The smallest absolute Gasteiger partial charge is 0.201 e. The van der Waals surface area contributed by atoms with Gasteiger partial charge < -0.3 is 24.7 Å². The number of hydrogen-bond acceptors (Lipinski definition) is 6. The highest BCUT2D eigenvalue weighted by Gasteiger charge is 2.21. The van der Waals surface area contributed by atoms with E-state index in [1.807, 2.05) is 38.5 Å². The van der Waals surface area contributed by atoms with Gasteiger partial charge in [0, 0.05) is 13.6 Å². The zero-order valence-electron chi connectivity index (χ0n) is 11.8. The summed E-state index contributed by atoms with van der Waals surface area (Å²) in [5.74, 6) is 2.69. The fourth-order valence-corrected chi connectivity index (χ4v) is 2.17. The first-order valence-corrected chi connectivity index (χ1v) is 7.03. The molecule has 110 valence electrons. The molecular formula is C14H16N4O2S. The lowest BCUT2D eigenvalue weighted by molar-refractivity contribution is 0.318. The summed E-state index contributed by atoms with van der Waals surface area (Å²) < 4.78 is 13.9. The Labute approximate surface area is 127 Å². The standard InChI is InChI=1S/C14H16N4O2S/c1-15-6-7-19-9-4-3-5-10-12(9)16-13-11(20-10)8-18(2)14(21)17-13/h3-5,8,15H,6-7H2,1-2H3,(H,16,17,21). The molecule has 3 rings (SSSR count). The molecule has 0 radical (unpaired) electrons. The zero-order chi connectivity index (χ0) is 14.8. The van der Waals surface area contributed by atoms with Crippen LogP contribution in [0.2, 0.25) is 0 Å². The van der Waals surface area contributed by atoms with Gasteiger partial charge >= 0.3 is 0 Å². The molecule has 0 saturated carbocycles. The minimum atomic E-state index is 0.488. The van der Waals surface area contributed by atoms with Gasteiger partial charge in [-0.05, 0) is 31.4 Å². The summed E-state index contributed by atoms with van der Waals surface area (Å²) in [7, 11) is 3.72. The Hall–Kier alpha value is -2.12. The molecule has 2 aromatic rings. The number of para-hydroxylation sites is 1. The highest BCUT2D eigenvalue weighted by Crippen LogP contribution is 2.45. The topological polar surface area (TPSA) is 60.3 Å². The van der Waals surface area contributed by atoms with Gasteiger partial charge in [-0.15, -0.1) is 0 Å². The number of nitrogens with zero attached hydrogens (tertiary/aromatic N) is 2. The predicted octanol–water partition coefficient (Wildman–Crippen LogP) is 2.60. The van der Waals surface area contributed by atoms with Crippen LogP contribution in [0.5, 0.6) is 17.2 Å². The summed E-state index contributed by atoms with van der Waals surface area (Å²) in [5, 5.41) is 6.28. The van der Waals surface area contributed by atoms with E-state index in [-0.39, 0.29) is 0 Å². The normalized spacial score (nSPS) is 11.9. The molecule has 2 heterocycles. The van der Waals surface area contributed by atoms with Crippen molar-refractivity contribution in [1.82, 2.24) is 14.9 Å². The monoisotopic (exact) mass is 304 g/mol. The minimum absolute atomic E-state index is 0.488. The van der Waals surface area contributed by atoms with Gasteiger partial charge in [-0.25, -0.2) is 0 Å². The lowest BCUT2D eigenvalue weighted by Gasteiger charge is -2.23. The van der Waals surface area contributed by atoms with Crippen LogP contribution < -0.4 is 20.1 Å². The molecule has 7 heteroatoms. The number of anilines is 2. The van der Waals surface area contributed by atoms with Gasteiger partial charge in [0.15, 0.2) is 17.3 Å². The molecule has 21 heavy (non-hydrogen) atoms. The van der Waals surface area contributed by atoms with E-state index >= 15 is 0 Å². The van der Waals surface area contributed by atoms with Crippen LogP contribution in [0.3, 0.4) is 0 Å². The molecule has 0 unspecified atom stereocenters. The van der Waals surface area contributed by atoms with Gasteiger partial charge in [-0.3, -0.25) is 0 Å². The number of benzene rings is 1. The van der Waals surface area contributed by atoms with Crippen molar-refractivity contribution in [2.75, 3.05) is 25.5 Å². The molecule has 0 aliphatic carbocycles. The first kappa shape index (κ1) is 13.8. The lowest BCUT2D eigenvalue weighted by atomic mass is 10.2. The summed E-state index contributed by atoms with van der Waals surface area (Å²) in [6, 6.07) is 5.68. The first-order valence-electron chi connectivity index (χ1n) is 6.62. The Morgan fingerprint density at radius 3 is 3.10 bits per heavy atom. The number of hydrogen-bond donors (Lipinski definition) is 2. The largest absolute Gasteiger partial charge is 0.490 e. The highest BCUT2D eigenvalue weighted by molar-refractivity contribution is 7.71. The van der Waals surface area contributed by atoms with Crippen molar-refractivity contribution in [1.29, 1.82) is 0 Å². The number of fused-ring (bicyclic) bond motifs is 2. The second-order valence-corrected chi connectivity index (χ2v) is 5.02. The van der Waals surface area contributed by atoms with Gasteiger partial charge in [-0.2, -0.15) is 4.98 Å². The molecule has 6 nitrogen and oxygen atoms in total. The maximum atomic E-state index is 5.87. The lowest BCUT2D eigenvalue weighted by Crippen LogP contribution is -2.17. The average Bonchev–Trinajstić information content (AvgIpc) is 2.47. The maximum Gasteiger partial charge on any atom is 0.201 e. The SMILES string of the molecule is CNCCOc1cccc2c1Nc1nc(=S)n(C)cc1O2. The van der Waals surface area contributed by atoms with Crippen LogP contribution in [0.15, 0.2) is 24.4 Å². The maximum absolute atomic E-state index is 5.87. The summed E-state index contributed by atoms with van der Waals surface area (Å²) in [6.07, 6.45) is 1.81. The van der Waals surface area contributed by atoms with E-state index < -0.39 is 0 Å². The Morgan fingerprint density at radius 1 is 1.43 bits per heavy atom. The molecule has 0 amide bonds. The van der Waals surface area contributed by atoms with Crippen LogP contribution >= 0.6 is 12.2 Å². The van der Waals surface area contributed by atoms with Gasteiger partial charge in [0.1, 0.15) is 18.0 Å². The highest BCUT2D eigenvalue weighted by atomic mass is 32.1. The third-order valence-electron chi connectivity index (χ3n) is 3.11. The molecule has 0 atom stereocenters. The summed E-state index contributed by atoms with van der Waals surface area (Å²) in [4.78, 5) is 4.32. The number of aryl methyl sites for hydroxylation is 1. The van der Waals surface area contributed by atoms with Crippen LogP contribution in [-0.4, -0.2) is 29.8 Å². The molecule has 0 fully saturated rings. The quantitative estimate of drug-likeness (QED) is 0.571. The molecule has 2 N–H and O–H groups in total. The molecular weight excluding hydrogens is 288 g/mol. The molecule has 1 aliphatic heterocycles. The van der Waals surface area contributed by atoms with Crippen molar-refractivity contribution in [3.8, 4) is 17.2 Å². The number of nitrogens with one attached hydrogen (secondary N) is 2. The van der Waals surface area contributed by atoms with E-state index in [1.165, 1.54) is 0 Å². The second-order valence-electron chi connectivity index (χ2n) is 4.66. The summed E-state index contributed by atoms with van der Waals surface area (Å²) >= 11 is 5.17. The van der Waals surface area contributed by atoms with Gasteiger partial charge in [-0.1, -0.05) is 6.07 Å². The van der Waals surface area contributed by atoms with E-state index in [2.05, 4.69) is 15.6 Å². The molecule has 0 bridgehead atoms. The molecule has 1 aliphatic rings. The third-order valence-corrected chi connectivity index (χ3v) is 3.49. The fraction of sp³-hybridized carbons (Fsp3) is 0.286. The van der Waals surface area contributed by atoms with E-state index in [4.69, 9.17) is 21.7 Å². The van der Waals surface area contributed by atoms with Crippen LogP contribution in [-0.2, 0) is 7.05 Å². The Kier molecular flexibility index (Phi) is 3.76. The average molecular weight is 304 g/mol. The van der Waals surface area contributed by atoms with Gasteiger partial charge in [0.2, 0.25) is 4.77 Å². The summed E-state index contributed by atoms with van der Waals surface area (Å²) in [6.45, 7) is 1.34. The number of ether oxygens (including phenoxy) is 2. The van der Waals surface area contributed by atoms with Crippen LogP contribution in [0.4, 0.5) is 11.5 Å². The number of rotatable bonds is 4. The van der Waals surface area contributed by atoms with Crippen LogP contribution in [0, 0.1) is 4.77 Å². The molecule has 1 aromatic carbocycles. The van der Waals surface area contributed by atoms with Crippen molar-refractivity contribution in [3.63, 3.8) is 0 Å². The summed E-state index contributed by atoms with van der Waals surface area (Å²) in [5.41, 5.74) is 0.775. The third kappa shape index (κ3) is 2.70. The molecule has 0 spiro atoms. The fourth-order valence-electron chi connectivity index (χ4n) is 2.03. The molecule has 1 aromatic heterocycles. The Bertz CT molecular complexity index is 729. The van der Waals surface area contributed by atoms with Crippen molar-refractivity contribution < 1.29 is 9.47 Å². The predicted molar refractivity (Wildman–Crippen MR) is 83.3 cm³/mol. The Morgan fingerprint density at radius 2 is 2.29 bits per heavy atom. The van der Waals surface area contributed by atoms with Crippen molar-refractivity contribution in [2.24, 2.45) is 7.05 Å². The Balaban J connectivity index is 1.93. The molecule has 0 saturated heterocycles. The van der Waals surface area contributed by atoms with Crippen molar-refractivity contribution in [3.05, 3.63) is 29.2 Å². The zero-order valence-corrected chi connectivity index (χ0v) is 12.7. The van der Waals surface area contributed by atoms with Gasteiger partial charge in [0.25, 0.3) is 0 Å². The van der Waals surface area contributed by atoms with Crippen LogP contribution in [0.25, 0.3) is 0 Å². The number of aromatic nitrogens is 2. The van der Waals surface area contributed by atoms with E-state index in [9.17, 15) is 0 Å². The van der Waals surface area contributed by atoms with Crippen LogP contribution in [0.1, 0.15) is 0 Å². The number of likely N-dealkylation sites (N-methyl/N-ethyl adjacent to an activating group) is 1. The van der Waals surface area contributed by atoms with Crippen molar-refractivity contribution in [2.45, 2.75) is 0 Å². The van der Waals surface area contributed by atoms with E-state index in [0.717, 1.165) is 18.0 Å². The van der Waals surface area contributed by atoms with Crippen molar-refractivity contribution >= 4 is 23.7 Å². The second kappa shape index (κ2) is 5.71. The first-order chi connectivity index (χ1) is 10.2. The minimum Gasteiger partial charge on any atom is -0.490 e. The van der Waals surface area contributed by atoms with Gasteiger partial charge in [0.05, 0.1) is 6.20 Å². The van der Waals surface area contributed by atoms with E-state index in [1.54, 1.807) is 4.57 Å².